The van der Waals surface area contributed by atoms with Gasteiger partial charge in [-0.15, -0.1) is 0 Å². The van der Waals surface area contributed by atoms with Gasteiger partial charge in [-0.3, -0.25) is 9.59 Å². The summed E-state index contributed by atoms with van der Waals surface area (Å²) >= 11 is 1.42. The summed E-state index contributed by atoms with van der Waals surface area (Å²) in [6.45, 7) is 0.990. The van der Waals surface area contributed by atoms with E-state index in [1.54, 1.807) is 17.2 Å². The van der Waals surface area contributed by atoms with E-state index < -0.39 is 0 Å². The minimum absolute atomic E-state index is 0.0226. The van der Waals surface area contributed by atoms with Crippen LogP contribution in [0.4, 0.5) is 0 Å². The Kier molecular flexibility index (Phi) is 3.46. The van der Waals surface area contributed by atoms with Gasteiger partial charge < -0.3 is 9.64 Å². The van der Waals surface area contributed by atoms with Crippen LogP contribution in [0.1, 0.15) is 0 Å². The van der Waals surface area contributed by atoms with Crippen LogP contribution in [0.2, 0.25) is 0 Å². The Bertz CT molecular complexity index is 649. The van der Waals surface area contributed by atoms with E-state index in [-0.39, 0.29) is 24.1 Å². The molecule has 0 atom stereocenters. The highest BCUT2D eigenvalue weighted by molar-refractivity contribution is 7.11. The van der Waals surface area contributed by atoms with Crippen LogP contribution in [-0.2, 0) is 11.3 Å². The van der Waals surface area contributed by atoms with Gasteiger partial charge in [0.25, 0.3) is 10.8 Å². The second-order valence-electron chi connectivity index (χ2n) is 4.36. The zero-order valence-electron chi connectivity index (χ0n) is 10.5. The van der Waals surface area contributed by atoms with Crippen LogP contribution in [0.25, 0.3) is 0 Å². The number of amides is 1. The lowest BCUT2D eigenvalue weighted by Crippen LogP contribution is -2.57. The van der Waals surface area contributed by atoms with Crippen molar-refractivity contribution in [1.29, 1.82) is 0 Å². The Morgan fingerprint density at radius 1 is 1.45 bits per heavy atom. The van der Waals surface area contributed by atoms with Crippen molar-refractivity contribution in [2.24, 2.45) is 0 Å². The maximum Gasteiger partial charge on any atom is 0.273 e. The van der Waals surface area contributed by atoms with Crippen LogP contribution in [0, 0.1) is 0 Å². The first kappa shape index (κ1) is 12.8. The molecule has 0 radical (unpaired) electrons. The lowest BCUT2D eigenvalue weighted by molar-refractivity contribution is -0.140. The number of aromatic nitrogens is 3. The summed E-state index contributed by atoms with van der Waals surface area (Å²) in [6.07, 6.45) is 3.14. The first-order chi connectivity index (χ1) is 9.72. The average molecular weight is 292 g/mol. The second kappa shape index (κ2) is 5.41. The van der Waals surface area contributed by atoms with Crippen molar-refractivity contribution in [3.05, 3.63) is 40.3 Å². The molecule has 1 fully saturated rings. The van der Waals surface area contributed by atoms with Crippen LogP contribution < -0.4 is 10.3 Å². The minimum Gasteiger partial charge on any atom is -0.463 e. The molecule has 0 spiro atoms. The summed E-state index contributed by atoms with van der Waals surface area (Å²) in [7, 11) is 0. The number of rotatable bonds is 4. The molecule has 1 amide bonds. The second-order valence-corrected chi connectivity index (χ2v) is 5.21. The van der Waals surface area contributed by atoms with Gasteiger partial charge in [-0.1, -0.05) is 11.3 Å². The fourth-order valence-corrected chi connectivity index (χ4v) is 2.41. The number of hydrogen-bond acceptors (Lipinski definition) is 6. The van der Waals surface area contributed by atoms with Gasteiger partial charge in [-0.25, -0.2) is 9.67 Å². The van der Waals surface area contributed by atoms with E-state index in [0.717, 1.165) is 4.68 Å². The predicted molar refractivity (Wildman–Crippen MR) is 71.6 cm³/mol. The molecule has 0 N–H and O–H groups in total. The number of carbonyl (C=O) groups excluding carboxylic acids is 1. The quantitative estimate of drug-likeness (QED) is 0.792. The smallest absolute Gasteiger partial charge is 0.273 e. The maximum absolute atomic E-state index is 12.0. The molecular formula is C12H12N4O3S. The van der Waals surface area contributed by atoms with Crippen molar-refractivity contribution in [2.45, 2.75) is 12.6 Å². The largest absolute Gasteiger partial charge is 0.463 e. The van der Waals surface area contributed by atoms with Crippen LogP contribution >= 0.6 is 11.3 Å². The Balaban J connectivity index is 1.51. The molecule has 0 aliphatic carbocycles. The lowest BCUT2D eigenvalue weighted by atomic mass is 10.1. The molecule has 1 aliphatic rings. The Morgan fingerprint density at radius 3 is 3.00 bits per heavy atom. The molecule has 0 aromatic carbocycles. The van der Waals surface area contributed by atoms with E-state index in [9.17, 15) is 9.59 Å². The molecule has 0 bridgehead atoms. The summed E-state index contributed by atoms with van der Waals surface area (Å²) < 4.78 is 6.72. The fourth-order valence-electron chi connectivity index (χ4n) is 1.86. The monoisotopic (exact) mass is 292 g/mol. The molecule has 0 saturated carbocycles. The molecule has 2 aromatic heterocycles. The van der Waals surface area contributed by atoms with E-state index in [4.69, 9.17) is 4.74 Å². The summed E-state index contributed by atoms with van der Waals surface area (Å²) in [6, 6.07) is 2.93. The third-order valence-corrected chi connectivity index (χ3v) is 3.61. The molecule has 2 aromatic rings. The third kappa shape index (κ3) is 2.69. The molecule has 20 heavy (non-hydrogen) atoms. The van der Waals surface area contributed by atoms with E-state index in [2.05, 4.69) is 10.1 Å². The van der Waals surface area contributed by atoms with E-state index >= 15 is 0 Å². The molecule has 3 rings (SSSR count). The first-order valence-electron chi connectivity index (χ1n) is 6.08. The normalized spacial score (nSPS) is 14.9. The zero-order valence-corrected chi connectivity index (χ0v) is 11.3. The van der Waals surface area contributed by atoms with Crippen molar-refractivity contribution in [3.63, 3.8) is 0 Å². The molecule has 1 aliphatic heterocycles. The van der Waals surface area contributed by atoms with Gasteiger partial charge in [0.1, 0.15) is 12.6 Å². The van der Waals surface area contributed by atoms with Gasteiger partial charge in [0, 0.05) is 23.8 Å². The standard InChI is InChI=1S/C12H12N4O3S/c17-10-2-1-3-14-16(10)8-11(18)15-6-9(7-15)19-12-13-4-5-20-12/h1-5,9H,6-8H2. The molecule has 0 unspecified atom stereocenters. The Labute approximate surface area is 118 Å². The number of hydrogen-bond donors (Lipinski definition) is 0. The Hall–Kier alpha value is -2.22. The molecule has 3 heterocycles. The molecule has 8 heteroatoms. The number of likely N-dealkylation sites (tertiary alicyclic amines) is 1. The van der Waals surface area contributed by atoms with Crippen molar-refractivity contribution in [2.75, 3.05) is 13.1 Å². The predicted octanol–water partition coefficient (Wildman–Crippen LogP) is -0.0104. The number of ether oxygens (including phenoxy) is 1. The highest BCUT2D eigenvalue weighted by Crippen LogP contribution is 2.20. The maximum atomic E-state index is 12.0. The van der Waals surface area contributed by atoms with E-state index in [0.29, 0.717) is 18.3 Å². The summed E-state index contributed by atoms with van der Waals surface area (Å²) in [5, 5.41) is 6.31. The number of nitrogens with zero attached hydrogens (tertiary/aromatic N) is 4. The Morgan fingerprint density at radius 2 is 2.30 bits per heavy atom. The molecule has 104 valence electrons. The fraction of sp³-hybridized carbons (Fsp3) is 0.333. The third-order valence-electron chi connectivity index (χ3n) is 2.95. The average Bonchev–Trinajstić information content (AvgIpc) is 2.89. The van der Waals surface area contributed by atoms with Gasteiger partial charge in [-0.2, -0.15) is 5.10 Å². The molecule has 7 nitrogen and oxygen atoms in total. The van der Waals surface area contributed by atoms with Crippen molar-refractivity contribution < 1.29 is 9.53 Å². The highest BCUT2D eigenvalue weighted by Gasteiger charge is 2.32. The van der Waals surface area contributed by atoms with E-state index in [1.165, 1.54) is 23.6 Å². The zero-order chi connectivity index (χ0) is 13.9. The topological polar surface area (TPSA) is 77.3 Å². The van der Waals surface area contributed by atoms with Gasteiger partial charge >= 0.3 is 0 Å². The van der Waals surface area contributed by atoms with Gasteiger partial charge in [0.05, 0.1) is 13.1 Å². The van der Waals surface area contributed by atoms with Crippen LogP contribution in [0.15, 0.2) is 34.7 Å². The number of thiazole rings is 1. The van der Waals surface area contributed by atoms with Crippen LogP contribution in [-0.4, -0.2) is 44.8 Å². The lowest BCUT2D eigenvalue weighted by Gasteiger charge is -2.38. The summed E-state index contributed by atoms with van der Waals surface area (Å²) in [5.41, 5.74) is -0.281. The van der Waals surface area contributed by atoms with Crippen molar-refractivity contribution in [3.8, 4) is 5.19 Å². The SMILES string of the molecule is O=C(Cn1ncccc1=O)N1CC(Oc2nccs2)C1. The minimum atomic E-state index is -0.281. The van der Waals surface area contributed by atoms with Crippen LogP contribution in [0.3, 0.4) is 0 Å². The number of carbonyl (C=O) groups is 1. The van der Waals surface area contributed by atoms with Crippen molar-refractivity contribution >= 4 is 17.2 Å². The molecular weight excluding hydrogens is 280 g/mol. The first-order valence-corrected chi connectivity index (χ1v) is 6.96. The van der Waals surface area contributed by atoms with E-state index in [1.807, 2.05) is 5.38 Å². The summed E-state index contributed by atoms with van der Waals surface area (Å²) in [4.78, 5) is 29.1. The summed E-state index contributed by atoms with van der Waals surface area (Å²) in [5.74, 6) is -0.134. The van der Waals surface area contributed by atoms with Gasteiger partial charge in [0.2, 0.25) is 5.91 Å². The van der Waals surface area contributed by atoms with Crippen molar-refractivity contribution in [1.82, 2.24) is 19.7 Å². The van der Waals surface area contributed by atoms with Gasteiger partial charge in [-0.05, 0) is 6.07 Å². The van der Waals surface area contributed by atoms with Crippen LogP contribution in [0.5, 0.6) is 5.19 Å². The highest BCUT2D eigenvalue weighted by atomic mass is 32.1. The molecule has 1 saturated heterocycles. The van der Waals surface area contributed by atoms with Gasteiger partial charge in [0.15, 0.2) is 0 Å².